The lowest BCUT2D eigenvalue weighted by atomic mass is 10.0. The molecule has 0 saturated carbocycles. The van der Waals surface area contributed by atoms with Gasteiger partial charge in [0.1, 0.15) is 0 Å². The number of aromatic nitrogens is 1. The molecule has 3 heteroatoms. The van der Waals surface area contributed by atoms with Crippen molar-refractivity contribution >= 4 is 28.3 Å². The van der Waals surface area contributed by atoms with Crippen LogP contribution in [0.3, 0.4) is 0 Å². The lowest BCUT2D eigenvalue weighted by Gasteiger charge is -2.05. The third-order valence-electron chi connectivity index (χ3n) is 3.27. The van der Waals surface area contributed by atoms with Crippen LogP contribution in [0.25, 0.3) is 10.9 Å². The highest BCUT2D eigenvalue weighted by Crippen LogP contribution is 2.26. The summed E-state index contributed by atoms with van der Waals surface area (Å²) in [6.45, 7) is 1.90. The molecule has 0 aliphatic carbocycles. The SMILES string of the molecule is Cc1cccc(C(=O)c2c[nH]c3ccccc23)c1Cl. The number of nitrogens with one attached hydrogen (secondary N) is 1. The molecule has 2 aromatic carbocycles. The molecule has 1 aromatic heterocycles. The van der Waals surface area contributed by atoms with Crippen molar-refractivity contribution in [2.75, 3.05) is 0 Å². The Bertz CT molecular complexity index is 773. The quantitative estimate of drug-likeness (QED) is 0.689. The topological polar surface area (TPSA) is 32.9 Å². The van der Waals surface area contributed by atoms with Crippen molar-refractivity contribution in [1.29, 1.82) is 0 Å². The average molecular weight is 270 g/mol. The van der Waals surface area contributed by atoms with E-state index in [9.17, 15) is 4.79 Å². The largest absolute Gasteiger partial charge is 0.360 e. The first-order chi connectivity index (χ1) is 9.18. The molecule has 2 nitrogen and oxygen atoms in total. The molecular formula is C16H12ClNO. The number of hydrogen-bond acceptors (Lipinski definition) is 1. The monoisotopic (exact) mass is 269 g/mol. The Balaban J connectivity index is 2.17. The van der Waals surface area contributed by atoms with Gasteiger partial charge in [0.05, 0.1) is 5.02 Å². The van der Waals surface area contributed by atoms with Gasteiger partial charge in [0.2, 0.25) is 0 Å². The Kier molecular flexibility index (Phi) is 2.88. The van der Waals surface area contributed by atoms with Gasteiger partial charge in [0.15, 0.2) is 5.78 Å². The van der Waals surface area contributed by atoms with E-state index in [1.807, 2.05) is 43.3 Å². The van der Waals surface area contributed by atoms with Crippen LogP contribution in [0.2, 0.25) is 5.02 Å². The van der Waals surface area contributed by atoms with Gasteiger partial charge in [-0.1, -0.05) is 41.9 Å². The lowest BCUT2D eigenvalue weighted by Crippen LogP contribution is -2.02. The highest BCUT2D eigenvalue weighted by atomic mass is 35.5. The van der Waals surface area contributed by atoms with E-state index in [1.54, 1.807) is 12.3 Å². The number of aryl methyl sites for hydroxylation is 1. The predicted molar refractivity (Wildman–Crippen MR) is 77.9 cm³/mol. The van der Waals surface area contributed by atoms with Gasteiger partial charge < -0.3 is 4.98 Å². The molecule has 0 aliphatic heterocycles. The molecule has 0 bridgehead atoms. The van der Waals surface area contributed by atoms with E-state index in [0.717, 1.165) is 16.5 Å². The van der Waals surface area contributed by atoms with Crippen molar-refractivity contribution in [3.63, 3.8) is 0 Å². The Labute approximate surface area is 116 Å². The van der Waals surface area contributed by atoms with Crippen molar-refractivity contribution in [2.45, 2.75) is 6.92 Å². The second-order valence-corrected chi connectivity index (χ2v) is 4.89. The molecule has 0 amide bonds. The van der Waals surface area contributed by atoms with E-state index < -0.39 is 0 Å². The van der Waals surface area contributed by atoms with Gasteiger partial charge in [-0.25, -0.2) is 0 Å². The van der Waals surface area contributed by atoms with Crippen LogP contribution >= 0.6 is 11.6 Å². The zero-order valence-corrected chi connectivity index (χ0v) is 11.2. The Morgan fingerprint density at radius 1 is 1.05 bits per heavy atom. The van der Waals surface area contributed by atoms with Crippen LogP contribution in [0.4, 0.5) is 0 Å². The number of rotatable bonds is 2. The normalized spacial score (nSPS) is 10.8. The molecule has 1 heterocycles. The number of hydrogen-bond donors (Lipinski definition) is 1. The fourth-order valence-corrected chi connectivity index (χ4v) is 2.44. The van der Waals surface area contributed by atoms with Crippen molar-refractivity contribution in [3.05, 3.63) is 70.4 Å². The summed E-state index contributed by atoms with van der Waals surface area (Å²) in [6.07, 6.45) is 1.74. The van der Waals surface area contributed by atoms with Crippen molar-refractivity contribution in [1.82, 2.24) is 4.98 Å². The van der Waals surface area contributed by atoms with Crippen LogP contribution in [0.15, 0.2) is 48.7 Å². The van der Waals surface area contributed by atoms with Crippen molar-refractivity contribution < 1.29 is 4.79 Å². The number of fused-ring (bicyclic) bond motifs is 1. The number of carbonyl (C=O) groups is 1. The molecule has 1 N–H and O–H groups in total. The van der Waals surface area contributed by atoms with E-state index in [2.05, 4.69) is 4.98 Å². The van der Waals surface area contributed by atoms with Crippen molar-refractivity contribution in [2.24, 2.45) is 0 Å². The van der Waals surface area contributed by atoms with E-state index in [0.29, 0.717) is 16.1 Å². The van der Waals surface area contributed by atoms with Crippen molar-refractivity contribution in [3.8, 4) is 0 Å². The fourth-order valence-electron chi connectivity index (χ4n) is 2.23. The maximum Gasteiger partial charge on any atom is 0.196 e. The number of ketones is 1. The summed E-state index contributed by atoms with van der Waals surface area (Å²) in [5.41, 5.74) is 3.07. The van der Waals surface area contributed by atoms with Crippen LogP contribution in [0.5, 0.6) is 0 Å². The van der Waals surface area contributed by atoms with Gasteiger partial charge in [-0.3, -0.25) is 4.79 Å². The first-order valence-corrected chi connectivity index (χ1v) is 6.42. The molecule has 0 unspecified atom stereocenters. The summed E-state index contributed by atoms with van der Waals surface area (Å²) in [4.78, 5) is 15.7. The number of carbonyl (C=O) groups excluding carboxylic acids is 1. The summed E-state index contributed by atoms with van der Waals surface area (Å²) in [7, 11) is 0. The highest BCUT2D eigenvalue weighted by molar-refractivity contribution is 6.36. The molecule has 0 saturated heterocycles. The smallest absolute Gasteiger partial charge is 0.196 e. The minimum absolute atomic E-state index is 0.0499. The number of benzene rings is 2. The minimum atomic E-state index is -0.0499. The first-order valence-electron chi connectivity index (χ1n) is 6.04. The van der Waals surface area contributed by atoms with Gasteiger partial charge in [-0.2, -0.15) is 0 Å². The summed E-state index contributed by atoms with van der Waals surface area (Å²) < 4.78 is 0. The van der Waals surface area contributed by atoms with Crippen LogP contribution < -0.4 is 0 Å². The summed E-state index contributed by atoms with van der Waals surface area (Å²) in [5.74, 6) is -0.0499. The zero-order chi connectivity index (χ0) is 13.4. The number of halogens is 1. The van der Waals surface area contributed by atoms with E-state index >= 15 is 0 Å². The van der Waals surface area contributed by atoms with E-state index in [-0.39, 0.29) is 5.78 Å². The molecule has 0 fully saturated rings. The molecule has 3 rings (SSSR count). The molecule has 19 heavy (non-hydrogen) atoms. The summed E-state index contributed by atoms with van der Waals surface area (Å²) in [5, 5.41) is 1.45. The van der Waals surface area contributed by atoms with Crippen LogP contribution in [0.1, 0.15) is 21.5 Å². The van der Waals surface area contributed by atoms with Gasteiger partial charge >= 0.3 is 0 Å². The van der Waals surface area contributed by atoms with Crippen LogP contribution in [-0.4, -0.2) is 10.8 Å². The number of para-hydroxylation sites is 1. The number of H-pyrrole nitrogens is 1. The van der Waals surface area contributed by atoms with Crippen LogP contribution in [-0.2, 0) is 0 Å². The summed E-state index contributed by atoms with van der Waals surface area (Å²) in [6, 6.07) is 13.3. The van der Waals surface area contributed by atoms with Gasteiger partial charge in [-0.15, -0.1) is 0 Å². The molecule has 0 spiro atoms. The summed E-state index contributed by atoms with van der Waals surface area (Å²) >= 11 is 6.23. The maximum atomic E-state index is 12.6. The first kappa shape index (κ1) is 12.0. The van der Waals surface area contributed by atoms with E-state index in [4.69, 9.17) is 11.6 Å². The number of aromatic amines is 1. The predicted octanol–water partition coefficient (Wildman–Crippen LogP) is 4.36. The average Bonchev–Trinajstić information content (AvgIpc) is 2.85. The molecule has 94 valence electrons. The molecule has 0 atom stereocenters. The third-order valence-corrected chi connectivity index (χ3v) is 3.77. The molecule has 0 aliphatic rings. The van der Waals surface area contributed by atoms with Gasteiger partial charge in [0.25, 0.3) is 0 Å². The second-order valence-electron chi connectivity index (χ2n) is 4.51. The third kappa shape index (κ3) is 1.94. The molecule has 0 radical (unpaired) electrons. The second kappa shape index (κ2) is 4.56. The van der Waals surface area contributed by atoms with Gasteiger partial charge in [-0.05, 0) is 24.6 Å². The van der Waals surface area contributed by atoms with E-state index in [1.165, 1.54) is 0 Å². The maximum absolute atomic E-state index is 12.6. The standard InChI is InChI=1S/C16H12ClNO/c1-10-5-4-7-12(15(10)17)16(19)13-9-18-14-8-3-2-6-11(13)14/h2-9,18H,1H3. The van der Waals surface area contributed by atoms with Gasteiger partial charge in [0, 0.05) is 28.2 Å². The Morgan fingerprint density at radius 3 is 2.68 bits per heavy atom. The lowest BCUT2D eigenvalue weighted by molar-refractivity contribution is 0.104. The highest BCUT2D eigenvalue weighted by Gasteiger charge is 2.17. The molecule has 3 aromatic rings. The fraction of sp³-hybridized carbons (Fsp3) is 0.0625. The Morgan fingerprint density at radius 2 is 1.84 bits per heavy atom. The Hall–Kier alpha value is -2.06. The molecular weight excluding hydrogens is 258 g/mol. The zero-order valence-electron chi connectivity index (χ0n) is 10.4. The minimum Gasteiger partial charge on any atom is -0.360 e. The van der Waals surface area contributed by atoms with Crippen LogP contribution in [0, 0.1) is 6.92 Å².